The van der Waals surface area contributed by atoms with Crippen molar-refractivity contribution in [1.29, 1.82) is 0 Å². The molecule has 1 aromatic carbocycles. The van der Waals surface area contributed by atoms with Crippen LogP contribution in [-0.4, -0.2) is 67.7 Å². The number of aliphatic hydroxyl groups is 1. The number of nitrogens with zero attached hydrogens (tertiary/aromatic N) is 5. The van der Waals surface area contributed by atoms with Crippen LogP contribution in [0.5, 0.6) is 0 Å². The average molecular weight is 542 g/mol. The summed E-state index contributed by atoms with van der Waals surface area (Å²) in [6.45, 7) is 1.98. The van der Waals surface area contributed by atoms with E-state index < -0.39 is 27.7 Å². The van der Waals surface area contributed by atoms with E-state index in [9.17, 15) is 26.7 Å². The fraction of sp³-hybridized carbons (Fsp3) is 0.381. The summed E-state index contributed by atoms with van der Waals surface area (Å²) in [6.07, 6.45) is 1.29. The lowest BCUT2D eigenvalue weighted by atomic mass is 9.40. The number of aromatic nitrogens is 5. The molecular weight excluding hydrogens is 519 g/mol. The van der Waals surface area contributed by atoms with E-state index in [0.717, 1.165) is 5.56 Å². The Hall–Kier alpha value is -3.63. The molecule has 3 aliphatic rings. The fourth-order valence-corrected chi connectivity index (χ4v) is 6.09. The minimum atomic E-state index is -5.08. The van der Waals surface area contributed by atoms with E-state index in [2.05, 4.69) is 24.8 Å². The average Bonchev–Trinajstić information content (AvgIpc) is 3.30. The first-order chi connectivity index (χ1) is 17.2. The molecular formula is C21H22F3N7O5S. The first-order valence-electron chi connectivity index (χ1n) is 10.7. The molecule has 3 saturated carbocycles. The number of anilines is 1. The van der Waals surface area contributed by atoms with Crippen molar-refractivity contribution in [2.75, 3.05) is 12.3 Å². The molecule has 3 aromatic rings. The number of nitrogens with one attached hydrogen (secondary N) is 1. The molecule has 0 aliphatic heterocycles. The highest BCUT2D eigenvalue weighted by Crippen LogP contribution is 2.67. The summed E-state index contributed by atoms with van der Waals surface area (Å²) in [5.41, 5.74) is 7.39. The van der Waals surface area contributed by atoms with Crippen LogP contribution >= 0.6 is 0 Å². The van der Waals surface area contributed by atoms with Crippen LogP contribution in [0.15, 0.2) is 41.9 Å². The lowest BCUT2D eigenvalue weighted by molar-refractivity contribution is -0.192. The third-order valence-electron chi connectivity index (χ3n) is 6.28. The van der Waals surface area contributed by atoms with Gasteiger partial charge in [-0.25, -0.2) is 32.9 Å². The van der Waals surface area contributed by atoms with Gasteiger partial charge in [0.15, 0.2) is 11.6 Å². The maximum Gasteiger partial charge on any atom is 0.490 e. The highest BCUT2D eigenvalue weighted by Gasteiger charge is 2.68. The van der Waals surface area contributed by atoms with Gasteiger partial charge in [-0.15, -0.1) is 0 Å². The zero-order chi connectivity index (χ0) is 27.2. The zero-order valence-corrected chi connectivity index (χ0v) is 20.1. The Bertz CT molecular complexity index is 1430. The largest absolute Gasteiger partial charge is 0.490 e. The molecule has 5 N–H and O–H groups in total. The van der Waals surface area contributed by atoms with E-state index in [1.807, 2.05) is 6.92 Å². The summed E-state index contributed by atoms with van der Waals surface area (Å²) in [5.74, 6) is -2.25. The molecule has 2 aromatic heterocycles. The van der Waals surface area contributed by atoms with Crippen LogP contribution in [-0.2, 0) is 14.8 Å². The van der Waals surface area contributed by atoms with Crippen LogP contribution in [0.3, 0.4) is 0 Å². The molecule has 2 heterocycles. The highest BCUT2D eigenvalue weighted by molar-refractivity contribution is 7.89. The Kier molecular flexibility index (Phi) is 6.46. The summed E-state index contributed by atoms with van der Waals surface area (Å²) < 4.78 is 62.0. The van der Waals surface area contributed by atoms with Crippen molar-refractivity contribution in [2.24, 2.45) is 5.41 Å². The van der Waals surface area contributed by atoms with E-state index in [0.29, 0.717) is 36.3 Å². The SMILES string of the molecule is Cc1ccc(S(=O)(=O)NC23CC(CO)(C2)C3)cc1-c1cnc(N)c(-n2cncn2)n1.O=C(O)C(F)(F)F. The monoisotopic (exact) mass is 541 g/mol. The van der Waals surface area contributed by atoms with Crippen molar-refractivity contribution in [3.8, 4) is 17.1 Å². The van der Waals surface area contributed by atoms with Crippen molar-refractivity contribution in [2.45, 2.75) is 42.8 Å². The number of carboxylic acids is 1. The molecule has 0 radical (unpaired) electrons. The normalized spacial score (nSPS) is 22.3. The lowest BCUT2D eigenvalue weighted by Gasteiger charge is -2.69. The van der Waals surface area contributed by atoms with E-state index in [1.54, 1.807) is 18.2 Å². The highest BCUT2D eigenvalue weighted by atomic mass is 32.2. The quantitative estimate of drug-likeness (QED) is 0.356. The van der Waals surface area contributed by atoms with Gasteiger partial charge in [-0.1, -0.05) is 6.07 Å². The minimum Gasteiger partial charge on any atom is -0.475 e. The van der Waals surface area contributed by atoms with Crippen LogP contribution in [0.4, 0.5) is 19.0 Å². The molecule has 0 amide bonds. The van der Waals surface area contributed by atoms with E-state index in [4.69, 9.17) is 15.6 Å². The molecule has 16 heteroatoms. The summed E-state index contributed by atoms with van der Waals surface area (Å²) >= 11 is 0. The van der Waals surface area contributed by atoms with Crippen molar-refractivity contribution >= 4 is 21.8 Å². The Morgan fingerprint density at radius 2 is 1.92 bits per heavy atom. The number of aryl methyl sites for hydroxylation is 1. The van der Waals surface area contributed by atoms with Gasteiger partial charge in [0.05, 0.1) is 16.8 Å². The van der Waals surface area contributed by atoms with Gasteiger partial charge < -0.3 is 15.9 Å². The molecule has 37 heavy (non-hydrogen) atoms. The number of nitrogens with two attached hydrogens (primary N) is 1. The summed E-state index contributed by atoms with van der Waals surface area (Å²) in [7, 11) is -3.72. The number of alkyl halides is 3. The Morgan fingerprint density at radius 3 is 2.46 bits per heavy atom. The van der Waals surface area contributed by atoms with Gasteiger partial charge in [0.1, 0.15) is 12.7 Å². The van der Waals surface area contributed by atoms with Crippen LogP contribution in [0, 0.1) is 12.3 Å². The van der Waals surface area contributed by atoms with Gasteiger partial charge in [0.25, 0.3) is 0 Å². The van der Waals surface area contributed by atoms with Gasteiger partial charge in [-0.2, -0.15) is 23.0 Å². The number of hydrogen-bond donors (Lipinski definition) is 4. The number of rotatable bonds is 6. The summed E-state index contributed by atoms with van der Waals surface area (Å²) in [4.78, 5) is 21.7. The van der Waals surface area contributed by atoms with E-state index in [1.165, 1.54) is 23.5 Å². The standard InChI is InChI=1S/C19H21N7O3S.C2HF3O2/c1-12-2-3-13(30(28,29)25-19-6-18(7-19,8-19)9-27)4-14(12)15-5-22-16(20)17(24-15)26-11-21-10-23-26;3-2(4,5)1(6)7/h2-5,10-11,25,27H,6-9H2,1H3,(H2,20,22);(H,6,7). The fourth-order valence-electron chi connectivity index (χ4n) is 4.67. The topological polar surface area (TPSA) is 186 Å². The van der Waals surface area contributed by atoms with Gasteiger partial charge in [0.2, 0.25) is 10.0 Å². The smallest absolute Gasteiger partial charge is 0.475 e. The molecule has 0 unspecified atom stereocenters. The molecule has 0 spiro atoms. The van der Waals surface area contributed by atoms with Crippen LogP contribution in [0.2, 0.25) is 0 Å². The second kappa shape index (κ2) is 9.04. The number of halogens is 3. The molecule has 3 aliphatic carbocycles. The molecule has 198 valence electrons. The van der Waals surface area contributed by atoms with Gasteiger partial charge in [0, 0.05) is 17.7 Å². The Labute approximate surface area is 208 Å². The van der Waals surface area contributed by atoms with E-state index >= 15 is 0 Å². The van der Waals surface area contributed by atoms with Crippen LogP contribution in [0.25, 0.3) is 17.1 Å². The molecule has 12 nitrogen and oxygen atoms in total. The van der Waals surface area contributed by atoms with E-state index in [-0.39, 0.29) is 22.7 Å². The molecule has 2 bridgehead atoms. The number of hydrogen-bond acceptors (Lipinski definition) is 9. The Balaban J connectivity index is 0.000000405. The van der Waals surface area contributed by atoms with Crippen molar-refractivity contribution in [1.82, 2.24) is 29.5 Å². The van der Waals surface area contributed by atoms with Crippen LogP contribution in [0.1, 0.15) is 24.8 Å². The maximum absolute atomic E-state index is 13.0. The number of aliphatic carboxylic acids is 1. The molecule has 0 atom stereocenters. The summed E-state index contributed by atoms with van der Waals surface area (Å²) in [5, 5.41) is 20.6. The first kappa shape index (κ1) is 26.4. The number of sulfonamides is 1. The third-order valence-corrected chi connectivity index (χ3v) is 7.86. The molecule has 6 rings (SSSR count). The number of aliphatic hydroxyl groups excluding tert-OH is 1. The van der Waals surface area contributed by atoms with Gasteiger partial charge >= 0.3 is 12.1 Å². The van der Waals surface area contributed by atoms with Crippen molar-refractivity contribution in [3.63, 3.8) is 0 Å². The predicted octanol–water partition coefficient (Wildman–Crippen LogP) is 1.44. The van der Waals surface area contributed by atoms with Crippen molar-refractivity contribution in [3.05, 3.63) is 42.6 Å². The maximum atomic E-state index is 13.0. The second-order valence-corrected chi connectivity index (χ2v) is 10.8. The van der Waals surface area contributed by atoms with Gasteiger partial charge in [-0.05, 0) is 49.3 Å². The lowest BCUT2D eigenvalue weighted by Crippen LogP contribution is -2.75. The Morgan fingerprint density at radius 1 is 1.27 bits per heavy atom. The molecule has 0 saturated heterocycles. The summed E-state index contributed by atoms with van der Waals surface area (Å²) in [6, 6.07) is 4.92. The number of benzene rings is 1. The molecule has 3 fully saturated rings. The van der Waals surface area contributed by atoms with Crippen molar-refractivity contribution < 1.29 is 36.6 Å². The minimum absolute atomic E-state index is 0.0850. The first-order valence-corrected chi connectivity index (χ1v) is 12.2. The zero-order valence-electron chi connectivity index (χ0n) is 19.3. The van der Waals surface area contributed by atoms with Crippen LogP contribution < -0.4 is 10.5 Å². The number of carbonyl (C=O) groups is 1. The van der Waals surface area contributed by atoms with Gasteiger partial charge in [-0.3, -0.25) is 0 Å². The predicted molar refractivity (Wildman–Crippen MR) is 122 cm³/mol. The number of nitrogen functional groups attached to an aromatic ring is 1. The number of carboxylic acid groups (broad SMARTS) is 1. The third kappa shape index (κ3) is 5.12. The second-order valence-electron chi connectivity index (χ2n) is 9.16.